The standard InChI is InChI=1S/C34H58N2O11S/c1-9-26-20(5)31-34(6,47-31)11-10-24(37)17(2)12-21(14-28(40)48-16-22(35)32(42)43)30(19(4)25(38)15-27(39)45-26)46-33-29(41)23(36(7)8)13-18(3)44-33/h10-11,17-23,25-26,28-31,33,38,40-41H,9,12-16,35H2,1-8H3,(H,42,43)/b11-10-/t17-,18+,19-,20+,21+,22+,23-,25+,26+,28-,29-,30-,31+,33-,34-/m1/s1. The fourth-order valence-corrected chi connectivity index (χ4v) is 7.94. The normalized spacial score (nSPS) is 42.0. The average molecular weight is 703 g/mol. The number of epoxide rings is 1. The van der Waals surface area contributed by atoms with E-state index in [4.69, 9.17) is 24.7 Å². The van der Waals surface area contributed by atoms with Gasteiger partial charge >= 0.3 is 11.9 Å². The number of carboxylic acid groups (broad SMARTS) is 1. The number of nitrogens with two attached hydrogens (primary N) is 1. The number of ketones is 1. The Bertz CT molecular complexity index is 1130. The van der Waals surface area contributed by atoms with E-state index in [2.05, 4.69) is 0 Å². The van der Waals surface area contributed by atoms with E-state index in [0.717, 1.165) is 11.8 Å². The summed E-state index contributed by atoms with van der Waals surface area (Å²) in [5, 5.41) is 43.2. The lowest BCUT2D eigenvalue weighted by molar-refractivity contribution is -0.283. The third-order valence-corrected chi connectivity index (χ3v) is 11.3. The first-order valence-corrected chi connectivity index (χ1v) is 18.1. The van der Waals surface area contributed by atoms with Crippen LogP contribution in [0.4, 0.5) is 0 Å². The number of allylic oxidation sites excluding steroid dienone is 1. The van der Waals surface area contributed by atoms with Gasteiger partial charge in [0.15, 0.2) is 12.1 Å². The second-order valence-corrected chi connectivity index (χ2v) is 15.6. The van der Waals surface area contributed by atoms with Crippen LogP contribution in [-0.2, 0) is 33.3 Å². The van der Waals surface area contributed by atoms with Crippen LogP contribution in [0.5, 0.6) is 0 Å². The number of aliphatic carboxylic acids is 1. The predicted molar refractivity (Wildman–Crippen MR) is 180 cm³/mol. The molecule has 15 atom stereocenters. The number of likely N-dealkylation sites (N-methyl/N-ethyl adjacent to an activating group) is 1. The van der Waals surface area contributed by atoms with Crippen molar-refractivity contribution < 1.29 is 53.8 Å². The molecule has 0 unspecified atom stereocenters. The smallest absolute Gasteiger partial charge is 0.321 e. The van der Waals surface area contributed by atoms with Gasteiger partial charge < -0.3 is 50.0 Å². The van der Waals surface area contributed by atoms with Crippen molar-refractivity contribution in [1.29, 1.82) is 0 Å². The van der Waals surface area contributed by atoms with E-state index in [1.807, 2.05) is 46.7 Å². The number of carbonyl (C=O) groups is 3. The molecule has 3 heterocycles. The van der Waals surface area contributed by atoms with Crippen molar-refractivity contribution in [3.8, 4) is 0 Å². The molecule has 2 saturated heterocycles. The summed E-state index contributed by atoms with van der Waals surface area (Å²) in [6.45, 7) is 11.1. The maximum Gasteiger partial charge on any atom is 0.321 e. The Labute approximate surface area is 288 Å². The zero-order chi connectivity index (χ0) is 36.1. The van der Waals surface area contributed by atoms with Crippen LogP contribution < -0.4 is 5.73 Å². The van der Waals surface area contributed by atoms with E-state index in [9.17, 15) is 34.8 Å². The quantitative estimate of drug-likeness (QED) is 0.126. The molecule has 6 N–H and O–H groups in total. The topological polar surface area (TPSA) is 202 Å². The summed E-state index contributed by atoms with van der Waals surface area (Å²) in [6.07, 6.45) is -1.04. The molecule has 48 heavy (non-hydrogen) atoms. The number of thioether (sulfide) groups is 1. The Morgan fingerprint density at radius 3 is 2.44 bits per heavy atom. The van der Waals surface area contributed by atoms with Crippen LogP contribution in [-0.4, -0.2) is 129 Å². The second kappa shape index (κ2) is 17.5. The monoisotopic (exact) mass is 702 g/mol. The molecule has 0 aromatic rings. The summed E-state index contributed by atoms with van der Waals surface area (Å²) in [5.41, 5.74) is 3.89. The Morgan fingerprint density at radius 1 is 1.17 bits per heavy atom. The molecule has 0 bridgehead atoms. The molecule has 0 spiro atoms. The SMILES string of the molecule is CC[C@@H]1OC(=O)C[C@H](O)[C@@H](C)[C@@H](O[C@H]2O[C@@H](C)C[C@@H](N(C)C)[C@H]2O)[C@H](C[C@H](O)SC[C@H](N)C(=O)O)C[C@@H](C)C(=O)/C=C\[C@@]2(C)O[C@H]2[C@H]1C. The van der Waals surface area contributed by atoms with Crippen LogP contribution in [0.15, 0.2) is 12.2 Å². The molecule has 0 amide bonds. The minimum atomic E-state index is -1.24. The number of fused-ring (bicyclic) bond motifs is 1. The van der Waals surface area contributed by atoms with Gasteiger partial charge in [-0.05, 0) is 71.7 Å². The van der Waals surface area contributed by atoms with Crippen molar-refractivity contribution in [2.75, 3.05) is 19.8 Å². The number of cyclic esters (lactones) is 1. The Kier molecular flexibility index (Phi) is 14.9. The van der Waals surface area contributed by atoms with E-state index in [-0.39, 0.29) is 55.0 Å². The van der Waals surface area contributed by atoms with Gasteiger partial charge in [-0.2, -0.15) is 0 Å². The predicted octanol–water partition coefficient (Wildman–Crippen LogP) is 1.94. The third kappa shape index (κ3) is 10.7. The fourth-order valence-electron chi connectivity index (χ4n) is 6.99. The highest BCUT2D eigenvalue weighted by atomic mass is 32.2. The van der Waals surface area contributed by atoms with Crippen molar-refractivity contribution in [1.82, 2.24) is 4.90 Å². The molecule has 3 rings (SSSR count). The minimum absolute atomic E-state index is 0.0400. The molecule has 0 aromatic heterocycles. The number of nitrogens with zero attached hydrogens (tertiary/aromatic N) is 1. The van der Waals surface area contributed by atoms with Crippen molar-refractivity contribution >= 4 is 29.5 Å². The van der Waals surface area contributed by atoms with Crippen LogP contribution in [0.1, 0.15) is 73.6 Å². The second-order valence-electron chi connectivity index (χ2n) is 14.4. The zero-order valence-electron chi connectivity index (χ0n) is 29.6. The molecule has 2 fully saturated rings. The van der Waals surface area contributed by atoms with E-state index in [1.165, 1.54) is 6.08 Å². The van der Waals surface area contributed by atoms with Gasteiger partial charge in [0, 0.05) is 29.5 Å². The number of hydrogen-bond acceptors (Lipinski definition) is 13. The van der Waals surface area contributed by atoms with Crippen LogP contribution in [0, 0.1) is 23.7 Å². The first-order chi connectivity index (χ1) is 22.4. The summed E-state index contributed by atoms with van der Waals surface area (Å²) < 4.78 is 24.5. The van der Waals surface area contributed by atoms with Gasteiger partial charge in [-0.1, -0.05) is 27.7 Å². The summed E-state index contributed by atoms with van der Waals surface area (Å²) >= 11 is 0.967. The van der Waals surface area contributed by atoms with Crippen molar-refractivity contribution in [3.63, 3.8) is 0 Å². The number of aliphatic hydroxyl groups excluding tert-OH is 3. The number of aliphatic hydroxyl groups is 3. The number of carbonyl (C=O) groups excluding carboxylic acids is 2. The molecule has 0 aromatic carbocycles. The lowest BCUT2D eigenvalue weighted by atomic mass is 9.79. The summed E-state index contributed by atoms with van der Waals surface area (Å²) in [4.78, 5) is 39.9. The summed E-state index contributed by atoms with van der Waals surface area (Å²) in [5.74, 6) is -4.05. The number of carboxylic acids is 1. The molecule has 14 heteroatoms. The molecule has 276 valence electrons. The van der Waals surface area contributed by atoms with Gasteiger partial charge in [-0.15, -0.1) is 11.8 Å². The van der Waals surface area contributed by atoms with E-state index in [0.29, 0.717) is 12.8 Å². The minimum Gasteiger partial charge on any atom is -0.480 e. The maximum atomic E-state index is 13.5. The van der Waals surface area contributed by atoms with E-state index < -0.39 is 77.5 Å². The van der Waals surface area contributed by atoms with Gasteiger partial charge in [0.1, 0.15) is 23.9 Å². The van der Waals surface area contributed by atoms with Gasteiger partial charge in [-0.25, -0.2) is 0 Å². The van der Waals surface area contributed by atoms with Gasteiger partial charge in [0.25, 0.3) is 0 Å². The first kappa shape index (κ1) is 40.8. The molecular weight excluding hydrogens is 644 g/mol. The Morgan fingerprint density at radius 2 is 1.83 bits per heavy atom. The van der Waals surface area contributed by atoms with Crippen LogP contribution in [0.3, 0.4) is 0 Å². The molecule has 0 aliphatic carbocycles. The largest absolute Gasteiger partial charge is 0.480 e. The number of hydrogen-bond donors (Lipinski definition) is 5. The third-order valence-electron chi connectivity index (χ3n) is 10.2. The fraction of sp³-hybridized carbons (Fsp3) is 0.853. The van der Waals surface area contributed by atoms with Gasteiger partial charge in [0.05, 0.1) is 36.3 Å². The highest BCUT2D eigenvalue weighted by molar-refractivity contribution is 7.99. The summed E-state index contributed by atoms with van der Waals surface area (Å²) in [7, 11) is 3.71. The molecule has 0 saturated carbocycles. The first-order valence-electron chi connectivity index (χ1n) is 17.1. The lowest BCUT2D eigenvalue weighted by Gasteiger charge is -2.44. The molecule has 13 nitrogen and oxygen atoms in total. The number of ether oxygens (including phenoxy) is 4. The molecule has 3 aliphatic heterocycles. The summed E-state index contributed by atoms with van der Waals surface area (Å²) in [6, 6.07) is -1.48. The van der Waals surface area contributed by atoms with Gasteiger partial charge in [-0.3, -0.25) is 14.4 Å². The average Bonchev–Trinajstić information content (AvgIpc) is 3.70. The molecule has 0 radical (unpaired) electrons. The number of esters is 1. The van der Waals surface area contributed by atoms with E-state index in [1.54, 1.807) is 19.9 Å². The zero-order valence-corrected chi connectivity index (χ0v) is 30.4. The van der Waals surface area contributed by atoms with Crippen LogP contribution in [0.25, 0.3) is 0 Å². The van der Waals surface area contributed by atoms with Crippen molar-refractivity contribution in [2.24, 2.45) is 29.4 Å². The Hall–Kier alpha value is -1.62. The molecular formula is C34H58N2O11S. The molecule has 3 aliphatic rings. The maximum absolute atomic E-state index is 13.5. The lowest BCUT2D eigenvalue weighted by Crippen LogP contribution is -2.56. The van der Waals surface area contributed by atoms with Gasteiger partial charge in [0.2, 0.25) is 0 Å². The van der Waals surface area contributed by atoms with Crippen LogP contribution >= 0.6 is 11.8 Å². The van der Waals surface area contributed by atoms with Crippen molar-refractivity contribution in [2.45, 2.75) is 140 Å². The van der Waals surface area contributed by atoms with Crippen LogP contribution in [0.2, 0.25) is 0 Å². The highest BCUT2D eigenvalue weighted by Crippen LogP contribution is 2.45. The number of rotatable bonds is 10. The highest BCUT2D eigenvalue weighted by Gasteiger charge is 2.55. The Balaban J connectivity index is 2.02. The van der Waals surface area contributed by atoms with Crippen molar-refractivity contribution in [3.05, 3.63) is 12.2 Å². The van der Waals surface area contributed by atoms with E-state index >= 15 is 0 Å².